The minimum atomic E-state index is -5.08. The molecule has 224 valence electrons. The molecule has 6 N–H and O–H groups in total. The Kier molecular flexibility index (Phi) is 9.98. The molecule has 0 saturated heterocycles. The highest BCUT2D eigenvalue weighted by Crippen LogP contribution is 2.31. The number of halogens is 5. The van der Waals surface area contributed by atoms with Crippen molar-refractivity contribution < 1.29 is 28.0 Å². The van der Waals surface area contributed by atoms with Crippen molar-refractivity contribution in [3.63, 3.8) is 0 Å². The summed E-state index contributed by atoms with van der Waals surface area (Å²) in [5, 5.41) is 22.8. The number of pyridine rings is 1. The van der Waals surface area contributed by atoms with Crippen LogP contribution in [0.2, 0.25) is 10.0 Å². The summed E-state index contributed by atoms with van der Waals surface area (Å²) in [5.74, 6) is -2.36. The normalized spacial score (nSPS) is 11.3. The van der Waals surface area contributed by atoms with Crippen molar-refractivity contribution in [2.45, 2.75) is 19.1 Å². The zero-order chi connectivity index (χ0) is 31.4. The molecule has 0 fully saturated rings. The SMILES string of the molecule is CN(C)Cc1cn2c(NCCc3cc(N)nc(N)c3[N+](=O)[O-])nc(-c3ccc(Cl)cc3Cl)cc2n1.O=C(O)C(F)(F)F. The van der Waals surface area contributed by atoms with Crippen molar-refractivity contribution in [1.29, 1.82) is 0 Å². The minimum absolute atomic E-state index is 0.117. The Morgan fingerprint density at radius 2 is 1.83 bits per heavy atom. The number of nitrogens with zero attached hydrogens (tertiary/aromatic N) is 6. The molecule has 13 nitrogen and oxygen atoms in total. The maximum Gasteiger partial charge on any atom is 0.490 e. The number of carboxylic acids is 1. The van der Waals surface area contributed by atoms with Crippen LogP contribution in [0.15, 0.2) is 36.5 Å². The molecule has 0 unspecified atom stereocenters. The highest BCUT2D eigenvalue weighted by atomic mass is 35.5. The number of carbonyl (C=O) groups is 1. The lowest BCUT2D eigenvalue weighted by atomic mass is 10.1. The van der Waals surface area contributed by atoms with Crippen LogP contribution < -0.4 is 16.8 Å². The highest BCUT2D eigenvalue weighted by Gasteiger charge is 2.38. The molecule has 3 aromatic heterocycles. The first-order valence-corrected chi connectivity index (χ1v) is 12.5. The van der Waals surface area contributed by atoms with Crippen LogP contribution in [0.3, 0.4) is 0 Å². The zero-order valence-electron chi connectivity index (χ0n) is 22.0. The molecule has 0 spiro atoms. The summed E-state index contributed by atoms with van der Waals surface area (Å²) in [6.07, 6.45) is -2.93. The van der Waals surface area contributed by atoms with E-state index in [9.17, 15) is 23.3 Å². The molecule has 0 atom stereocenters. The van der Waals surface area contributed by atoms with Gasteiger partial charge in [0.2, 0.25) is 11.8 Å². The van der Waals surface area contributed by atoms with E-state index >= 15 is 0 Å². The lowest BCUT2D eigenvalue weighted by molar-refractivity contribution is -0.384. The quantitative estimate of drug-likeness (QED) is 0.158. The van der Waals surface area contributed by atoms with Gasteiger partial charge in [0, 0.05) is 41.5 Å². The first kappa shape index (κ1) is 32.1. The molecule has 18 heteroatoms. The van der Waals surface area contributed by atoms with E-state index in [0.29, 0.717) is 51.6 Å². The molecule has 0 saturated carbocycles. The van der Waals surface area contributed by atoms with Crippen LogP contribution in [0, 0.1) is 10.1 Å². The number of aliphatic carboxylic acids is 1. The molecular formula is C24H24Cl2F3N9O4. The van der Waals surface area contributed by atoms with E-state index in [4.69, 9.17) is 54.5 Å². The van der Waals surface area contributed by atoms with Crippen LogP contribution in [0.4, 0.5) is 36.4 Å². The number of benzene rings is 1. The number of imidazole rings is 1. The summed E-state index contributed by atoms with van der Waals surface area (Å²) >= 11 is 12.5. The number of hydrogen-bond acceptors (Lipinski definition) is 10. The van der Waals surface area contributed by atoms with Gasteiger partial charge in [-0.25, -0.2) is 19.7 Å². The van der Waals surface area contributed by atoms with Crippen LogP contribution in [0.5, 0.6) is 0 Å². The number of rotatable bonds is 8. The minimum Gasteiger partial charge on any atom is -0.475 e. The van der Waals surface area contributed by atoms with Gasteiger partial charge in [0.15, 0.2) is 0 Å². The molecule has 0 amide bonds. The van der Waals surface area contributed by atoms with Gasteiger partial charge in [-0.2, -0.15) is 13.2 Å². The third-order valence-electron chi connectivity index (χ3n) is 5.41. The van der Waals surface area contributed by atoms with E-state index in [2.05, 4.69) is 10.3 Å². The van der Waals surface area contributed by atoms with Crippen LogP contribution >= 0.6 is 23.2 Å². The van der Waals surface area contributed by atoms with Crippen LogP contribution in [-0.2, 0) is 17.8 Å². The van der Waals surface area contributed by atoms with E-state index in [1.54, 1.807) is 18.2 Å². The second-order valence-corrected chi connectivity index (χ2v) is 9.81. The number of anilines is 3. The molecule has 3 heterocycles. The second kappa shape index (κ2) is 13.1. The van der Waals surface area contributed by atoms with Gasteiger partial charge in [0.1, 0.15) is 11.5 Å². The molecule has 4 aromatic rings. The van der Waals surface area contributed by atoms with E-state index < -0.39 is 17.1 Å². The lowest BCUT2D eigenvalue weighted by Gasteiger charge is -2.12. The summed E-state index contributed by atoms with van der Waals surface area (Å²) in [6, 6.07) is 8.48. The predicted octanol–water partition coefficient (Wildman–Crippen LogP) is 4.52. The van der Waals surface area contributed by atoms with Crippen LogP contribution in [0.25, 0.3) is 16.9 Å². The first-order chi connectivity index (χ1) is 19.6. The molecular weight excluding hydrogens is 606 g/mol. The number of nitrogens with one attached hydrogen (secondary N) is 1. The highest BCUT2D eigenvalue weighted by molar-refractivity contribution is 6.36. The smallest absolute Gasteiger partial charge is 0.475 e. The molecule has 0 radical (unpaired) electrons. The Balaban J connectivity index is 0.000000616. The summed E-state index contributed by atoms with van der Waals surface area (Å²) in [4.78, 5) is 35.1. The Labute approximate surface area is 246 Å². The fourth-order valence-corrected chi connectivity index (χ4v) is 4.25. The maximum atomic E-state index is 11.5. The molecule has 42 heavy (non-hydrogen) atoms. The molecule has 0 bridgehead atoms. The average Bonchev–Trinajstić information content (AvgIpc) is 3.25. The first-order valence-electron chi connectivity index (χ1n) is 11.8. The van der Waals surface area contributed by atoms with Crippen molar-refractivity contribution in [2.75, 3.05) is 37.4 Å². The summed E-state index contributed by atoms with van der Waals surface area (Å²) in [7, 11) is 3.92. The molecule has 0 aliphatic carbocycles. The van der Waals surface area contributed by atoms with Gasteiger partial charge in [-0.1, -0.05) is 23.2 Å². The Morgan fingerprint density at radius 1 is 1.17 bits per heavy atom. The summed E-state index contributed by atoms with van der Waals surface area (Å²) < 4.78 is 33.6. The molecule has 4 rings (SSSR count). The Hall–Kier alpha value is -4.41. The number of fused-ring (bicyclic) bond motifs is 1. The maximum absolute atomic E-state index is 11.5. The third-order valence-corrected chi connectivity index (χ3v) is 5.96. The number of alkyl halides is 3. The van der Waals surface area contributed by atoms with Gasteiger partial charge in [0.05, 0.1) is 21.3 Å². The summed E-state index contributed by atoms with van der Waals surface area (Å²) in [6.45, 7) is 0.949. The standard InChI is InChI=1S/C22H23Cl2N9O2.C2HF3O2/c1-31(2)10-14-11-32-19(28-14)9-17(15-4-3-13(23)8-16(15)24)29-22(32)27-6-5-12-7-18(25)30-21(26)20(12)33(34)35;3-2(4,5)1(6)7/h3-4,7-9,11H,5-6,10H2,1-2H3,(H,27,29)(H4,25,26,30);(H,6,7). The number of carboxylic acid groups (broad SMARTS) is 1. The Bertz CT molecular complexity index is 1630. The molecule has 0 aliphatic rings. The predicted molar refractivity (Wildman–Crippen MR) is 151 cm³/mol. The number of nitrogens with two attached hydrogens (primary N) is 2. The van der Waals surface area contributed by atoms with Gasteiger partial charge < -0.3 is 26.8 Å². The van der Waals surface area contributed by atoms with E-state index in [0.717, 1.165) is 5.69 Å². The van der Waals surface area contributed by atoms with Gasteiger partial charge in [-0.05, 0) is 44.8 Å². The van der Waals surface area contributed by atoms with Gasteiger partial charge in [0.25, 0.3) is 0 Å². The van der Waals surface area contributed by atoms with Gasteiger partial charge >= 0.3 is 17.8 Å². The summed E-state index contributed by atoms with van der Waals surface area (Å²) in [5.41, 5.74) is 14.4. The monoisotopic (exact) mass is 629 g/mol. The van der Waals surface area contributed by atoms with Crippen LogP contribution in [-0.4, -0.2) is 67.1 Å². The van der Waals surface area contributed by atoms with E-state index in [-0.39, 0.29) is 23.7 Å². The van der Waals surface area contributed by atoms with Gasteiger partial charge in [-0.15, -0.1) is 0 Å². The van der Waals surface area contributed by atoms with Gasteiger partial charge in [-0.3, -0.25) is 14.5 Å². The van der Waals surface area contributed by atoms with Crippen LogP contribution in [0.1, 0.15) is 11.3 Å². The van der Waals surface area contributed by atoms with Crippen molar-refractivity contribution in [3.8, 4) is 11.3 Å². The fourth-order valence-electron chi connectivity index (χ4n) is 3.75. The van der Waals surface area contributed by atoms with Crippen molar-refractivity contribution in [3.05, 3.63) is 67.9 Å². The second-order valence-electron chi connectivity index (χ2n) is 8.96. The average molecular weight is 630 g/mol. The zero-order valence-corrected chi connectivity index (χ0v) is 23.5. The molecule has 0 aliphatic heterocycles. The number of aromatic nitrogens is 4. The van der Waals surface area contributed by atoms with E-state index in [1.165, 1.54) is 6.07 Å². The lowest BCUT2D eigenvalue weighted by Crippen LogP contribution is -2.21. The largest absolute Gasteiger partial charge is 0.490 e. The van der Waals surface area contributed by atoms with Crippen molar-refractivity contribution in [2.24, 2.45) is 0 Å². The fraction of sp³-hybridized carbons (Fsp3) is 0.250. The number of nitro groups is 1. The van der Waals surface area contributed by atoms with E-state index in [1.807, 2.05) is 35.7 Å². The third kappa shape index (κ3) is 8.08. The number of hydrogen-bond donors (Lipinski definition) is 4. The molecule has 1 aromatic carbocycles. The van der Waals surface area contributed by atoms with Crippen molar-refractivity contribution in [1.82, 2.24) is 24.3 Å². The Morgan fingerprint density at radius 3 is 2.40 bits per heavy atom. The topological polar surface area (TPSA) is 191 Å². The van der Waals surface area contributed by atoms with Crippen molar-refractivity contribution >= 4 is 58.1 Å². The number of nitrogen functional groups attached to an aromatic ring is 2.